The number of benzene rings is 1. The number of nitrogens with two attached hydrogens (primary N) is 1. The number of nitrogens with zero attached hydrogens (tertiary/aromatic N) is 2. The molecule has 28 heavy (non-hydrogen) atoms. The number of hydrogen-bond acceptors (Lipinski definition) is 6. The fraction of sp³-hybridized carbons (Fsp3) is 0.250. The topological polar surface area (TPSA) is 117 Å². The number of primary amides is 1. The maximum atomic E-state index is 12.0. The van der Waals surface area contributed by atoms with E-state index in [-0.39, 0.29) is 5.37 Å². The number of rotatable bonds is 5. The second-order valence-electron chi connectivity index (χ2n) is 7.28. The van der Waals surface area contributed by atoms with E-state index < -0.39 is 17.4 Å². The molecule has 0 saturated carbocycles. The Kier molecular flexibility index (Phi) is 4.60. The van der Waals surface area contributed by atoms with E-state index in [1.54, 1.807) is 20.0 Å². The van der Waals surface area contributed by atoms with Crippen molar-refractivity contribution in [3.63, 3.8) is 0 Å². The number of aromatic nitrogens is 3. The fourth-order valence-corrected chi connectivity index (χ4v) is 4.42. The van der Waals surface area contributed by atoms with Gasteiger partial charge in [-0.1, -0.05) is 42.1 Å². The van der Waals surface area contributed by atoms with E-state index in [4.69, 9.17) is 5.73 Å². The van der Waals surface area contributed by atoms with E-state index in [9.17, 15) is 9.90 Å². The molecule has 0 fully saturated rings. The molecule has 1 aliphatic rings. The Labute approximate surface area is 166 Å². The standard InChI is InChI=1S/C20H21N5O2S/c1-20(2,27)12-5-3-11(4-6-12)16-9-13(18(21)26)19(28-16)24-17-8-7-14-15(23-17)10-22-25-14/h3-10,13,19,27H,1-2H3,(H2,21,26)(H,22,25)(H,23,24). The maximum absolute atomic E-state index is 12.0. The molecule has 0 bridgehead atoms. The molecule has 2 atom stereocenters. The van der Waals surface area contributed by atoms with Crippen LogP contribution in [0.25, 0.3) is 15.9 Å². The van der Waals surface area contributed by atoms with Crippen molar-refractivity contribution in [2.24, 2.45) is 11.7 Å². The van der Waals surface area contributed by atoms with Gasteiger partial charge in [0.05, 0.1) is 28.6 Å². The summed E-state index contributed by atoms with van der Waals surface area (Å²) >= 11 is 1.54. The fourth-order valence-electron chi connectivity index (χ4n) is 3.11. The van der Waals surface area contributed by atoms with Gasteiger partial charge in [-0.2, -0.15) is 5.10 Å². The number of pyridine rings is 1. The zero-order valence-electron chi connectivity index (χ0n) is 15.5. The van der Waals surface area contributed by atoms with E-state index in [2.05, 4.69) is 20.5 Å². The predicted molar refractivity (Wildman–Crippen MR) is 111 cm³/mol. The van der Waals surface area contributed by atoms with Crippen LogP contribution >= 0.6 is 11.8 Å². The lowest BCUT2D eigenvalue weighted by molar-refractivity contribution is -0.120. The number of aliphatic hydroxyl groups is 1. The Morgan fingerprint density at radius 2 is 2.00 bits per heavy atom. The number of amides is 1. The quantitative estimate of drug-likeness (QED) is 0.528. The molecule has 1 aliphatic heterocycles. The van der Waals surface area contributed by atoms with Gasteiger partial charge in [0.25, 0.3) is 0 Å². The highest BCUT2D eigenvalue weighted by atomic mass is 32.2. The number of carbonyl (C=O) groups excluding carboxylic acids is 1. The predicted octanol–water partition coefficient (Wildman–Crippen LogP) is 2.81. The van der Waals surface area contributed by atoms with E-state index in [0.717, 1.165) is 27.1 Å². The third-order valence-corrected chi connectivity index (χ3v) is 5.99. The molecule has 8 heteroatoms. The number of nitrogens with one attached hydrogen (secondary N) is 2. The molecular formula is C20H21N5O2S. The average molecular weight is 395 g/mol. The van der Waals surface area contributed by atoms with Crippen molar-refractivity contribution in [2.45, 2.75) is 24.8 Å². The molecule has 0 radical (unpaired) electrons. The van der Waals surface area contributed by atoms with Crippen LogP contribution in [0.2, 0.25) is 0 Å². The molecular weight excluding hydrogens is 374 g/mol. The Balaban J connectivity index is 1.56. The molecule has 0 spiro atoms. The van der Waals surface area contributed by atoms with Gasteiger partial charge in [0.15, 0.2) is 0 Å². The monoisotopic (exact) mass is 395 g/mol. The molecule has 144 valence electrons. The van der Waals surface area contributed by atoms with Crippen molar-refractivity contribution < 1.29 is 9.90 Å². The summed E-state index contributed by atoms with van der Waals surface area (Å²) in [7, 11) is 0. The van der Waals surface area contributed by atoms with Gasteiger partial charge in [-0.05, 0) is 37.1 Å². The van der Waals surface area contributed by atoms with Crippen LogP contribution in [0.5, 0.6) is 0 Å². The van der Waals surface area contributed by atoms with E-state index in [1.807, 2.05) is 42.5 Å². The van der Waals surface area contributed by atoms with Crippen LogP contribution in [0.1, 0.15) is 25.0 Å². The van der Waals surface area contributed by atoms with Crippen LogP contribution in [-0.4, -0.2) is 31.6 Å². The number of H-pyrrole nitrogens is 1. The Hall–Kier alpha value is -2.84. The van der Waals surface area contributed by atoms with E-state index >= 15 is 0 Å². The zero-order chi connectivity index (χ0) is 19.9. The molecule has 5 N–H and O–H groups in total. The molecule has 4 rings (SSSR count). The van der Waals surface area contributed by atoms with Crippen molar-refractivity contribution >= 4 is 39.4 Å². The molecule has 1 amide bonds. The summed E-state index contributed by atoms with van der Waals surface area (Å²) in [6.45, 7) is 3.50. The van der Waals surface area contributed by atoms with E-state index in [0.29, 0.717) is 5.82 Å². The molecule has 1 aromatic carbocycles. The number of thioether (sulfide) groups is 1. The summed E-state index contributed by atoms with van der Waals surface area (Å²) in [5.41, 5.74) is 8.14. The first-order valence-electron chi connectivity index (χ1n) is 8.89. The lowest BCUT2D eigenvalue weighted by atomic mass is 9.97. The highest BCUT2D eigenvalue weighted by molar-refractivity contribution is 8.09. The Bertz CT molecular complexity index is 1050. The van der Waals surface area contributed by atoms with Crippen molar-refractivity contribution in [1.29, 1.82) is 0 Å². The Morgan fingerprint density at radius 1 is 1.25 bits per heavy atom. The van der Waals surface area contributed by atoms with Gasteiger partial charge in [-0.15, -0.1) is 0 Å². The van der Waals surface area contributed by atoms with Gasteiger partial charge in [-0.3, -0.25) is 9.89 Å². The number of anilines is 1. The lowest BCUT2D eigenvalue weighted by Crippen LogP contribution is -2.32. The highest BCUT2D eigenvalue weighted by Crippen LogP contribution is 2.43. The highest BCUT2D eigenvalue weighted by Gasteiger charge is 2.33. The molecule has 0 saturated heterocycles. The van der Waals surface area contributed by atoms with Crippen LogP contribution in [-0.2, 0) is 10.4 Å². The first-order chi connectivity index (χ1) is 13.3. The van der Waals surface area contributed by atoms with Crippen molar-refractivity contribution in [3.8, 4) is 0 Å². The minimum absolute atomic E-state index is 0.252. The SMILES string of the molecule is CC(C)(O)c1ccc(C2=CC(C(N)=O)C(Nc3ccc4[nH]ncc4n3)S2)cc1. The van der Waals surface area contributed by atoms with Crippen LogP contribution in [0.4, 0.5) is 5.82 Å². The number of carbonyl (C=O) groups is 1. The summed E-state index contributed by atoms with van der Waals surface area (Å²) in [4.78, 5) is 17.5. The number of fused-ring (bicyclic) bond motifs is 1. The van der Waals surface area contributed by atoms with Gasteiger partial charge in [0.1, 0.15) is 11.3 Å². The van der Waals surface area contributed by atoms with Gasteiger partial charge < -0.3 is 16.2 Å². The number of aromatic amines is 1. The minimum Gasteiger partial charge on any atom is -0.386 e. The van der Waals surface area contributed by atoms with Gasteiger partial charge in [0, 0.05) is 4.91 Å². The second-order valence-corrected chi connectivity index (χ2v) is 8.46. The first kappa shape index (κ1) is 18.5. The summed E-state index contributed by atoms with van der Waals surface area (Å²) in [5, 5.41) is 20.0. The third kappa shape index (κ3) is 3.61. The first-order valence-corrected chi connectivity index (χ1v) is 9.77. The summed E-state index contributed by atoms with van der Waals surface area (Å²) in [5.74, 6) is -0.196. The summed E-state index contributed by atoms with van der Waals surface area (Å²) in [6, 6.07) is 11.4. The number of hydrogen-bond donors (Lipinski definition) is 4. The van der Waals surface area contributed by atoms with Gasteiger partial charge in [0.2, 0.25) is 5.91 Å². The molecule has 7 nitrogen and oxygen atoms in total. The Morgan fingerprint density at radius 3 is 2.68 bits per heavy atom. The van der Waals surface area contributed by atoms with Crippen LogP contribution in [0.3, 0.4) is 0 Å². The average Bonchev–Trinajstić information content (AvgIpc) is 3.27. The molecule has 2 aromatic heterocycles. The van der Waals surface area contributed by atoms with E-state index in [1.165, 1.54) is 11.8 Å². The van der Waals surface area contributed by atoms with Crippen molar-refractivity contribution in [1.82, 2.24) is 15.2 Å². The van der Waals surface area contributed by atoms with Crippen LogP contribution < -0.4 is 11.1 Å². The maximum Gasteiger partial charge on any atom is 0.227 e. The zero-order valence-corrected chi connectivity index (χ0v) is 16.3. The van der Waals surface area contributed by atoms with Crippen LogP contribution in [0, 0.1) is 5.92 Å². The van der Waals surface area contributed by atoms with Crippen LogP contribution in [0.15, 0.2) is 48.7 Å². The smallest absolute Gasteiger partial charge is 0.227 e. The third-order valence-electron chi connectivity index (χ3n) is 4.70. The summed E-state index contributed by atoms with van der Waals surface area (Å²) < 4.78 is 0. The molecule has 3 aromatic rings. The van der Waals surface area contributed by atoms with Crippen molar-refractivity contribution in [2.75, 3.05) is 5.32 Å². The normalized spacial score (nSPS) is 19.6. The molecule has 3 heterocycles. The van der Waals surface area contributed by atoms with Gasteiger partial charge in [-0.25, -0.2) is 4.98 Å². The van der Waals surface area contributed by atoms with Crippen molar-refractivity contribution in [3.05, 3.63) is 59.8 Å². The molecule has 2 unspecified atom stereocenters. The summed E-state index contributed by atoms with van der Waals surface area (Å²) in [6.07, 6.45) is 3.54. The lowest BCUT2D eigenvalue weighted by Gasteiger charge is -2.19. The molecule has 0 aliphatic carbocycles. The van der Waals surface area contributed by atoms with Gasteiger partial charge >= 0.3 is 0 Å². The second kappa shape index (κ2) is 6.96. The largest absolute Gasteiger partial charge is 0.386 e. The minimum atomic E-state index is -0.896.